The average Bonchev–Trinajstić information content (AvgIpc) is 2.09. The average molecular weight is 207 g/mol. The number of ether oxygens (including phenoxy) is 1. The summed E-state index contributed by atoms with van der Waals surface area (Å²) in [5.41, 5.74) is 1.57. The van der Waals surface area contributed by atoms with E-state index in [2.05, 4.69) is 5.32 Å². The van der Waals surface area contributed by atoms with Gasteiger partial charge in [0, 0.05) is 25.6 Å². The molecule has 1 rings (SSSR count). The van der Waals surface area contributed by atoms with Gasteiger partial charge in [0.15, 0.2) is 0 Å². The van der Waals surface area contributed by atoms with E-state index in [4.69, 9.17) is 4.74 Å². The minimum Gasteiger partial charge on any atom is -0.427 e. The highest BCUT2D eigenvalue weighted by Crippen LogP contribution is 2.21. The molecule has 0 aromatic heterocycles. The largest absolute Gasteiger partial charge is 0.427 e. The summed E-state index contributed by atoms with van der Waals surface area (Å²) in [5.74, 6) is -0.109. The molecule has 0 aliphatic carbocycles. The SMILES string of the molecule is CC(=O)Nc1cc(OC(C)=O)ccc1C. The third-order valence-corrected chi connectivity index (χ3v) is 1.78. The summed E-state index contributed by atoms with van der Waals surface area (Å²) in [7, 11) is 0. The second-order valence-corrected chi connectivity index (χ2v) is 3.25. The van der Waals surface area contributed by atoms with Crippen LogP contribution in [-0.4, -0.2) is 11.9 Å². The van der Waals surface area contributed by atoms with Gasteiger partial charge < -0.3 is 10.1 Å². The Morgan fingerprint density at radius 3 is 2.47 bits per heavy atom. The first kappa shape index (κ1) is 11.2. The number of esters is 1. The van der Waals surface area contributed by atoms with Crippen molar-refractivity contribution in [2.75, 3.05) is 5.32 Å². The van der Waals surface area contributed by atoms with Gasteiger partial charge in [0.1, 0.15) is 5.75 Å². The first-order valence-corrected chi connectivity index (χ1v) is 4.55. The molecule has 0 heterocycles. The standard InChI is InChI=1S/C11H13NO3/c1-7-4-5-10(15-9(3)14)6-11(7)12-8(2)13/h4-6H,1-3H3,(H,12,13). The van der Waals surface area contributed by atoms with E-state index in [-0.39, 0.29) is 11.9 Å². The maximum atomic E-state index is 10.9. The smallest absolute Gasteiger partial charge is 0.308 e. The number of hydrogen-bond acceptors (Lipinski definition) is 3. The number of carbonyl (C=O) groups excluding carboxylic acids is 2. The van der Waals surface area contributed by atoms with Crippen LogP contribution in [0.2, 0.25) is 0 Å². The molecule has 0 unspecified atom stereocenters. The summed E-state index contributed by atoms with van der Waals surface area (Å²) in [6.07, 6.45) is 0. The third kappa shape index (κ3) is 3.42. The van der Waals surface area contributed by atoms with Gasteiger partial charge in [-0.1, -0.05) is 6.07 Å². The van der Waals surface area contributed by atoms with Gasteiger partial charge in [-0.05, 0) is 18.6 Å². The van der Waals surface area contributed by atoms with Gasteiger partial charge in [-0.3, -0.25) is 9.59 Å². The number of rotatable bonds is 2. The summed E-state index contributed by atoms with van der Waals surface area (Å²) >= 11 is 0. The molecule has 15 heavy (non-hydrogen) atoms. The lowest BCUT2D eigenvalue weighted by molar-refractivity contribution is -0.131. The lowest BCUT2D eigenvalue weighted by atomic mass is 10.2. The van der Waals surface area contributed by atoms with E-state index >= 15 is 0 Å². The van der Waals surface area contributed by atoms with Crippen LogP contribution in [0.25, 0.3) is 0 Å². The van der Waals surface area contributed by atoms with Crippen LogP contribution < -0.4 is 10.1 Å². The van der Waals surface area contributed by atoms with Crippen molar-refractivity contribution in [2.45, 2.75) is 20.8 Å². The Kier molecular flexibility index (Phi) is 3.44. The van der Waals surface area contributed by atoms with Gasteiger partial charge >= 0.3 is 5.97 Å². The lowest BCUT2D eigenvalue weighted by Gasteiger charge is -2.08. The summed E-state index contributed by atoms with van der Waals surface area (Å²) in [4.78, 5) is 21.6. The van der Waals surface area contributed by atoms with Gasteiger partial charge in [0.2, 0.25) is 5.91 Å². The van der Waals surface area contributed by atoms with E-state index in [0.29, 0.717) is 11.4 Å². The molecule has 0 radical (unpaired) electrons. The van der Waals surface area contributed by atoms with Crippen molar-refractivity contribution in [1.29, 1.82) is 0 Å². The monoisotopic (exact) mass is 207 g/mol. The van der Waals surface area contributed by atoms with Crippen LogP contribution in [0, 0.1) is 6.92 Å². The molecular formula is C11H13NO3. The van der Waals surface area contributed by atoms with Gasteiger partial charge in [-0.25, -0.2) is 0 Å². The first-order valence-electron chi connectivity index (χ1n) is 4.55. The van der Waals surface area contributed by atoms with Crippen LogP contribution in [0.3, 0.4) is 0 Å². The molecule has 80 valence electrons. The number of aryl methyl sites for hydroxylation is 1. The summed E-state index contributed by atoms with van der Waals surface area (Å²) in [6, 6.07) is 5.09. The van der Waals surface area contributed by atoms with Crippen LogP contribution in [-0.2, 0) is 9.59 Å². The molecular weight excluding hydrogens is 194 g/mol. The van der Waals surface area contributed by atoms with Crippen molar-refractivity contribution in [3.63, 3.8) is 0 Å². The normalized spacial score (nSPS) is 9.53. The molecule has 0 bridgehead atoms. The van der Waals surface area contributed by atoms with Gasteiger partial charge in [-0.15, -0.1) is 0 Å². The zero-order valence-electron chi connectivity index (χ0n) is 8.96. The van der Waals surface area contributed by atoms with Gasteiger partial charge in [0.25, 0.3) is 0 Å². The van der Waals surface area contributed by atoms with Crippen molar-refractivity contribution >= 4 is 17.6 Å². The first-order chi connectivity index (χ1) is 6.99. The fourth-order valence-corrected chi connectivity index (χ4v) is 1.15. The highest BCUT2D eigenvalue weighted by molar-refractivity contribution is 5.89. The van der Waals surface area contributed by atoms with E-state index in [0.717, 1.165) is 5.56 Å². The topological polar surface area (TPSA) is 55.4 Å². The van der Waals surface area contributed by atoms with E-state index in [1.54, 1.807) is 18.2 Å². The zero-order chi connectivity index (χ0) is 11.4. The third-order valence-electron chi connectivity index (χ3n) is 1.78. The van der Waals surface area contributed by atoms with Crippen LogP contribution in [0.1, 0.15) is 19.4 Å². The Bertz CT molecular complexity index is 399. The van der Waals surface area contributed by atoms with E-state index < -0.39 is 0 Å². The van der Waals surface area contributed by atoms with Gasteiger partial charge in [-0.2, -0.15) is 0 Å². The number of hydrogen-bond donors (Lipinski definition) is 1. The second-order valence-electron chi connectivity index (χ2n) is 3.25. The fraction of sp³-hybridized carbons (Fsp3) is 0.273. The molecule has 0 atom stereocenters. The van der Waals surface area contributed by atoms with Crippen molar-refractivity contribution in [3.8, 4) is 5.75 Å². The Morgan fingerprint density at radius 2 is 1.93 bits per heavy atom. The summed E-state index contributed by atoms with van der Waals surface area (Å²) < 4.78 is 4.90. The lowest BCUT2D eigenvalue weighted by Crippen LogP contribution is -2.08. The molecule has 1 aromatic carbocycles. The quantitative estimate of drug-likeness (QED) is 0.595. The maximum absolute atomic E-state index is 10.9. The number of amides is 1. The van der Waals surface area contributed by atoms with Crippen LogP contribution >= 0.6 is 0 Å². The van der Waals surface area contributed by atoms with Gasteiger partial charge in [0.05, 0.1) is 0 Å². The molecule has 0 spiro atoms. The molecule has 4 heteroatoms. The molecule has 4 nitrogen and oxygen atoms in total. The zero-order valence-corrected chi connectivity index (χ0v) is 8.96. The van der Waals surface area contributed by atoms with E-state index in [9.17, 15) is 9.59 Å². The molecule has 0 aliphatic heterocycles. The maximum Gasteiger partial charge on any atom is 0.308 e. The minimum absolute atomic E-state index is 0.155. The van der Waals surface area contributed by atoms with E-state index in [1.807, 2.05) is 6.92 Å². The van der Waals surface area contributed by atoms with Crippen LogP contribution in [0.15, 0.2) is 18.2 Å². The molecule has 1 N–H and O–H groups in total. The number of carbonyl (C=O) groups is 2. The van der Waals surface area contributed by atoms with E-state index in [1.165, 1.54) is 13.8 Å². The highest BCUT2D eigenvalue weighted by atomic mass is 16.5. The molecule has 0 fully saturated rings. The van der Waals surface area contributed by atoms with Crippen molar-refractivity contribution in [2.24, 2.45) is 0 Å². The van der Waals surface area contributed by atoms with Crippen molar-refractivity contribution < 1.29 is 14.3 Å². The highest BCUT2D eigenvalue weighted by Gasteiger charge is 2.04. The second kappa shape index (κ2) is 4.59. The fourth-order valence-electron chi connectivity index (χ4n) is 1.15. The number of nitrogens with one attached hydrogen (secondary N) is 1. The predicted octanol–water partition coefficient (Wildman–Crippen LogP) is 1.88. The Morgan fingerprint density at radius 1 is 1.27 bits per heavy atom. The van der Waals surface area contributed by atoms with Crippen molar-refractivity contribution in [3.05, 3.63) is 23.8 Å². The summed E-state index contributed by atoms with van der Waals surface area (Å²) in [6.45, 7) is 4.62. The Hall–Kier alpha value is -1.84. The molecule has 0 saturated carbocycles. The molecule has 0 saturated heterocycles. The predicted molar refractivity (Wildman–Crippen MR) is 56.8 cm³/mol. The number of benzene rings is 1. The van der Waals surface area contributed by atoms with Crippen LogP contribution in [0.5, 0.6) is 5.75 Å². The summed E-state index contributed by atoms with van der Waals surface area (Å²) in [5, 5.41) is 2.66. The van der Waals surface area contributed by atoms with Crippen molar-refractivity contribution in [1.82, 2.24) is 0 Å². The molecule has 1 aromatic rings. The van der Waals surface area contributed by atoms with Crippen LogP contribution in [0.4, 0.5) is 5.69 Å². The molecule has 0 aliphatic rings. The Labute approximate surface area is 88.2 Å². The molecule has 1 amide bonds. The Balaban J connectivity index is 2.94. The number of anilines is 1. The minimum atomic E-state index is -0.382.